The van der Waals surface area contributed by atoms with Crippen molar-refractivity contribution in [2.45, 2.75) is 82.3 Å². The summed E-state index contributed by atoms with van der Waals surface area (Å²) < 4.78 is 37.4. The summed E-state index contributed by atoms with van der Waals surface area (Å²) in [6.45, 7) is 13.9. The molecular formula is C36H44O8Si. The van der Waals surface area contributed by atoms with Crippen LogP contribution in [-0.4, -0.2) is 69.1 Å². The van der Waals surface area contributed by atoms with E-state index in [-0.39, 0.29) is 18.8 Å². The van der Waals surface area contributed by atoms with Crippen molar-refractivity contribution in [2.75, 3.05) is 13.7 Å². The lowest BCUT2D eigenvalue weighted by molar-refractivity contribution is -0.243. The SMILES string of the molecule is C=C(C(=O)OC)[C@](O)(CO[Si](c1ccccc1)(c1ccccc1)C(C)(C)C)[C@H]1O[C@@H]2OC(C)(C)O[C@@H]2[C@H]1OCc1ccccc1. The topological polar surface area (TPSA) is 92.7 Å². The molecule has 3 aromatic carbocycles. The number of benzene rings is 3. The summed E-state index contributed by atoms with van der Waals surface area (Å²) >= 11 is 0. The maximum atomic E-state index is 13.1. The van der Waals surface area contributed by atoms with E-state index in [9.17, 15) is 9.90 Å². The van der Waals surface area contributed by atoms with Crippen LogP contribution in [0.15, 0.2) is 103 Å². The zero-order chi connectivity index (χ0) is 32.5. The molecule has 0 aliphatic carbocycles. The van der Waals surface area contributed by atoms with Crippen LogP contribution in [-0.2, 0) is 39.5 Å². The van der Waals surface area contributed by atoms with Crippen LogP contribution < -0.4 is 10.4 Å². The number of carbonyl (C=O) groups is 1. The summed E-state index contributed by atoms with van der Waals surface area (Å²) in [4.78, 5) is 13.1. The average molecular weight is 633 g/mol. The second kappa shape index (κ2) is 12.9. The smallest absolute Gasteiger partial charge is 0.336 e. The zero-order valence-electron chi connectivity index (χ0n) is 26.9. The summed E-state index contributed by atoms with van der Waals surface area (Å²) in [5.74, 6) is -1.72. The van der Waals surface area contributed by atoms with E-state index in [4.69, 9.17) is 28.1 Å². The number of carbonyl (C=O) groups excluding carboxylic acids is 1. The highest BCUT2D eigenvalue weighted by molar-refractivity contribution is 6.99. The molecule has 2 aliphatic rings. The lowest BCUT2D eigenvalue weighted by Crippen LogP contribution is -2.69. The fourth-order valence-electron chi connectivity index (χ4n) is 6.43. The number of esters is 1. The molecule has 0 saturated carbocycles. The van der Waals surface area contributed by atoms with Crippen LogP contribution in [0.1, 0.15) is 40.2 Å². The molecule has 0 spiro atoms. The Bertz CT molecular complexity index is 1420. The van der Waals surface area contributed by atoms with Crippen molar-refractivity contribution in [1.29, 1.82) is 0 Å². The van der Waals surface area contributed by atoms with Gasteiger partial charge in [-0.3, -0.25) is 0 Å². The second-order valence-electron chi connectivity index (χ2n) is 13.1. The Morgan fingerprint density at radius 3 is 1.96 bits per heavy atom. The van der Waals surface area contributed by atoms with Gasteiger partial charge in [-0.15, -0.1) is 0 Å². The maximum absolute atomic E-state index is 13.1. The first-order chi connectivity index (χ1) is 21.3. The fourth-order valence-corrected chi connectivity index (χ4v) is 11.0. The molecule has 9 heteroatoms. The van der Waals surface area contributed by atoms with Crippen molar-refractivity contribution >= 4 is 24.7 Å². The van der Waals surface area contributed by atoms with Crippen molar-refractivity contribution in [2.24, 2.45) is 0 Å². The van der Waals surface area contributed by atoms with Gasteiger partial charge in [0.15, 0.2) is 12.1 Å². The summed E-state index contributed by atoms with van der Waals surface area (Å²) in [5.41, 5.74) is -1.36. The molecule has 2 heterocycles. The van der Waals surface area contributed by atoms with Crippen LogP contribution in [0.25, 0.3) is 0 Å². The van der Waals surface area contributed by atoms with Gasteiger partial charge >= 0.3 is 5.97 Å². The molecular weight excluding hydrogens is 588 g/mol. The normalized spacial score (nSPS) is 24.1. The summed E-state index contributed by atoms with van der Waals surface area (Å²) in [6, 6.07) is 29.8. The zero-order valence-corrected chi connectivity index (χ0v) is 27.9. The van der Waals surface area contributed by atoms with E-state index < -0.39 is 55.3 Å². The van der Waals surface area contributed by atoms with Crippen molar-refractivity contribution in [3.8, 4) is 0 Å². The Hall–Kier alpha value is -3.15. The Labute approximate surface area is 267 Å². The lowest BCUT2D eigenvalue weighted by atomic mass is 9.86. The minimum Gasteiger partial charge on any atom is -0.466 e. The third kappa shape index (κ3) is 6.44. The maximum Gasteiger partial charge on any atom is 0.336 e. The Kier molecular flexibility index (Phi) is 9.54. The van der Waals surface area contributed by atoms with Gasteiger partial charge in [-0.2, -0.15) is 0 Å². The van der Waals surface area contributed by atoms with E-state index in [2.05, 4.69) is 51.6 Å². The van der Waals surface area contributed by atoms with E-state index in [1.807, 2.05) is 66.7 Å². The van der Waals surface area contributed by atoms with Gasteiger partial charge in [-0.05, 0) is 34.8 Å². The molecule has 2 fully saturated rings. The minimum atomic E-state index is -3.16. The molecule has 5 rings (SSSR count). The predicted molar refractivity (Wildman–Crippen MR) is 173 cm³/mol. The highest BCUT2D eigenvalue weighted by Gasteiger charge is 2.63. The van der Waals surface area contributed by atoms with Gasteiger partial charge in [0.25, 0.3) is 8.32 Å². The largest absolute Gasteiger partial charge is 0.466 e. The van der Waals surface area contributed by atoms with Crippen LogP contribution in [0.2, 0.25) is 5.04 Å². The van der Waals surface area contributed by atoms with E-state index in [0.29, 0.717) is 0 Å². The van der Waals surface area contributed by atoms with Gasteiger partial charge in [0.05, 0.1) is 25.9 Å². The van der Waals surface area contributed by atoms with Crippen LogP contribution in [0, 0.1) is 0 Å². The molecule has 5 atom stereocenters. The third-order valence-electron chi connectivity index (χ3n) is 8.63. The summed E-state index contributed by atoms with van der Waals surface area (Å²) in [7, 11) is -1.91. The third-order valence-corrected chi connectivity index (χ3v) is 13.6. The number of rotatable bonds is 11. The predicted octanol–water partition coefficient (Wildman–Crippen LogP) is 4.49. The van der Waals surface area contributed by atoms with Crippen molar-refractivity contribution < 1.29 is 38.0 Å². The number of aliphatic hydroxyl groups is 1. The molecule has 0 bridgehead atoms. The van der Waals surface area contributed by atoms with Crippen molar-refractivity contribution in [1.82, 2.24) is 0 Å². The van der Waals surface area contributed by atoms with E-state index in [1.165, 1.54) is 7.11 Å². The quantitative estimate of drug-likeness (QED) is 0.188. The summed E-state index contributed by atoms with van der Waals surface area (Å²) in [6.07, 6.45) is -3.52. The lowest BCUT2D eigenvalue weighted by Gasteiger charge is -2.46. The Balaban J connectivity index is 1.58. The molecule has 3 aromatic rings. The first-order valence-corrected chi connectivity index (χ1v) is 17.1. The van der Waals surface area contributed by atoms with Crippen molar-refractivity contribution in [3.63, 3.8) is 0 Å². The number of fused-ring (bicyclic) bond motifs is 1. The van der Waals surface area contributed by atoms with E-state index in [0.717, 1.165) is 15.9 Å². The fraction of sp³-hybridized carbons (Fsp3) is 0.417. The first-order valence-electron chi connectivity index (χ1n) is 15.2. The van der Waals surface area contributed by atoms with Gasteiger partial charge in [0.2, 0.25) is 0 Å². The Morgan fingerprint density at radius 1 is 0.911 bits per heavy atom. The standard InChI is InChI=1S/C36H44O8Si/c1-25(32(37)39-7)36(38,24-41-45(34(2,3)4,27-19-13-9-14-20-27)28-21-15-10-16-22-28)31-29(40-23-26-17-11-8-12-18-26)30-33(42-31)44-35(5,6)43-30/h8-22,29-31,33,38H,1,23-24H2,2-7H3/t29-,30-,31+,33-,36-/m1/s1. The number of ether oxygens (including phenoxy) is 5. The summed E-state index contributed by atoms with van der Waals surface area (Å²) in [5, 5.41) is 14.4. The molecule has 2 aliphatic heterocycles. The van der Waals surface area contributed by atoms with Gasteiger partial charge in [-0.1, -0.05) is 118 Å². The molecule has 45 heavy (non-hydrogen) atoms. The Morgan fingerprint density at radius 2 is 1.44 bits per heavy atom. The molecule has 0 aromatic heterocycles. The monoisotopic (exact) mass is 632 g/mol. The number of hydrogen-bond acceptors (Lipinski definition) is 8. The highest BCUT2D eigenvalue weighted by atomic mass is 28.4. The molecule has 240 valence electrons. The molecule has 0 amide bonds. The molecule has 1 N–H and O–H groups in total. The van der Waals surface area contributed by atoms with Crippen LogP contribution >= 0.6 is 0 Å². The van der Waals surface area contributed by atoms with E-state index in [1.54, 1.807) is 13.8 Å². The van der Waals surface area contributed by atoms with Crippen LogP contribution in [0.4, 0.5) is 0 Å². The van der Waals surface area contributed by atoms with Gasteiger partial charge in [0.1, 0.15) is 23.9 Å². The number of methoxy groups -OCH3 is 1. The van der Waals surface area contributed by atoms with Crippen LogP contribution in [0.3, 0.4) is 0 Å². The molecule has 0 radical (unpaired) electrons. The molecule has 8 nitrogen and oxygen atoms in total. The second-order valence-corrected chi connectivity index (χ2v) is 17.4. The molecule has 2 saturated heterocycles. The van der Waals surface area contributed by atoms with Gasteiger partial charge in [-0.25, -0.2) is 4.79 Å². The average Bonchev–Trinajstić information content (AvgIpc) is 3.52. The van der Waals surface area contributed by atoms with Gasteiger partial charge in [0, 0.05) is 0 Å². The highest BCUT2D eigenvalue weighted by Crippen LogP contribution is 2.45. The molecule has 0 unspecified atom stereocenters. The van der Waals surface area contributed by atoms with E-state index >= 15 is 0 Å². The van der Waals surface area contributed by atoms with Gasteiger partial charge < -0.3 is 33.2 Å². The van der Waals surface area contributed by atoms with Crippen molar-refractivity contribution in [3.05, 3.63) is 109 Å². The van der Waals surface area contributed by atoms with Crippen LogP contribution in [0.5, 0.6) is 0 Å². The number of hydrogen-bond donors (Lipinski definition) is 1. The minimum absolute atomic E-state index is 0.208. The first kappa shape index (κ1) is 33.2.